The second-order valence-corrected chi connectivity index (χ2v) is 9.29. The first-order valence-electron chi connectivity index (χ1n) is 11.5. The number of hydrogen-bond acceptors (Lipinski definition) is 3. The van der Waals surface area contributed by atoms with E-state index in [0.717, 1.165) is 36.0 Å². The van der Waals surface area contributed by atoms with Crippen molar-refractivity contribution in [3.63, 3.8) is 0 Å². The lowest BCUT2D eigenvalue weighted by atomic mass is 9.87. The lowest BCUT2D eigenvalue weighted by molar-refractivity contribution is -0.134. The molecule has 32 heavy (non-hydrogen) atoms. The maximum Gasteiger partial charge on any atom is 0.260 e. The number of carbonyl (C=O) groups excluding carboxylic acids is 2. The highest BCUT2D eigenvalue weighted by Gasteiger charge is 2.33. The van der Waals surface area contributed by atoms with Gasteiger partial charge in [-0.1, -0.05) is 32.0 Å². The number of ether oxygens (including phenoxy) is 1. The van der Waals surface area contributed by atoms with E-state index in [-0.39, 0.29) is 35.6 Å². The zero-order valence-electron chi connectivity index (χ0n) is 18.9. The molecule has 1 aliphatic carbocycles. The van der Waals surface area contributed by atoms with Gasteiger partial charge in [0.2, 0.25) is 5.91 Å². The van der Waals surface area contributed by atoms with Crippen molar-refractivity contribution in [1.29, 1.82) is 0 Å². The van der Waals surface area contributed by atoms with Gasteiger partial charge in [0.15, 0.2) is 6.10 Å². The van der Waals surface area contributed by atoms with Crippen LogP contribution in [0, 0.1) is 11.7 Å². The monoisotopic (exact) mass is 438 g/mol. The number of fused-ring (bicyclic) bond motifs is 1. The van der Waals surface area contributed by atoms with Gasteiger partial charge in [-0.15, -0.1) is 0 Å². The molecule has 4 rings (SSSR count). The van der Waals surface area contributed by atoms with Gasteiger partial charge in [-0.05, 0) is 73.1 Å². The Kier molecular flexibility index (Phi) is 6.49. The van der Waals surface area contributed by atoms with Crippen LogP contribution < -0.4 is 10.1 Å². The molecular weight excluding hydrogens is 407 g/mol. The molecule has 2 amide bonds. The van der Waals surface area contributed by atoms with Gasteiger partial charge in [-0.2, -0.15) is 0 Å². The zero-order valence-corrected chi connectivity index (χ0v) is 18.9. The molecule has 5 nitrogen and oxygen atoms in total. The van der Waals surface area contributed by atoms with Crippen molar-refractivity contribution in [2.24, 2.45) is 5.92 Å². The minimum atomic E-state index is -0.611. The smallest absolute Gasteiger partial charge is 0.260 e. The molecule has 1 N–H and O–H groups in total. The van der Waals surface area contributed by atoms with Crippen LogP contribution in [0.4, 0.5) is 4.39 Å². The fourth-order valence-corrected chi connectivity index (χ4v) is 4.21. The van der Waals surface area contributed by atoms with Crippen LogP contribution in [0.5, 0.6) is 5.75 Å². The van der Waals surface area contributed by atoms with E-state index in [4.69, 9.17) is 4.74 Å². The molecule has 2 atom stereocenters. The Hall–Kier alpha value is -2.89. The van der Waals surface area contributed by atoms with E-state index in [1.165, 1.54) is 12.1 Å². The molecule has 0 spiro atoms. The Morgan fingerprint density at radius 2 is 1.84 bits per heavy atom. The number of halogens is 1. The molecule has 0 radical (unpaired) electrons. The normalized spacial score (nSPS) is 18.8. The number of amides is 2. The largest absolute Gasteiger partial charge is 0.481 e. The highest BCUT2D eigenvalue weighted by Crippen LogP contribution is 2.38. The molecule has 1 aliphatic heterocycles. The molecule has 1 heterocycles. The van der Waals surface area contributed by atoms with E-state index < -0.39 is 6.10 Å². The zero-order chi connectivity index (χ0) is 22.8. The Balaban J connectivity index is 1.64. The predicted octanol–water partition coefficient (Wildman–Crippen LogP) is 4.39. The average Bonchev–Trinajstić information content (AvgIpc) is 3.57. The van der Waals surface area contributed by atoms with Crippen molar-refractivity contribution in [2.45, 2.75) is 64.6 Å². The first kappa shape index (κ1) is 22.3. The second kappa shape index (κ2) is 9.31. The maximum absolute atomic E-state index is 13.6. The number of benzene rings is 2. The molecule has 0 aromatic heterocycles. The summed E-state index contributed by atoms with van der Waals surface area (Å²) in [7, 11) is 0. The number of rotatable bonds is 7. The van der Waals surface area contributed by atoms with Crippen LogP contribution in [0.2, 0.25) is 0 Å². The van der Waals surface area contributed by atoms with Gasteiger partial charge in [0, 0.05) is 19.0 Å². The van der Waals surface area contributed by atoms with E-state index in [9.17, 15) is 14.0 Å². The third kappa shape index (κ3) is 5.12. The van der Waals surface area contributed by atoms with Gasteiger partial charge < -0.3 is 15.0 Å². The highest BCUT2D eigenvalue weighted by atomic mass is 19.1. The molecule has 2 unspecified atom stereocenters. The number of hydrogen-bond donors (Lipinski definition) is 1. The summed E-state index contributed by atoms with van der Waals surface area (Å²) in [4.78, 5) is 27.3. The van der Waals surface area contributed by atoms with Gasteiger partial charge >= 0.3 is 0 Å². The van der Waals surface area contributed by atoms with E-state index in [2.05, 4.69) is 5.32 Å². The first-order chi connectivity index (χ1) is 15.3. The van der Waals surface area contributed by atoms with Crippen LogP contribution in [0.25, 0.3) is 0 Å². The Labute approximate surface area is 188 Å². The van der Waals surface area contributed by atoms with Crippen molar-refractivity contribution in [3.05, 3.63) is 65.0 Å². The van der Waals surface area contributed by atoms with Gasteiger partial charge in [-0.25, -0.2) is 4.39 Å². The van der Waals surface area contributed by atoms with E-state index >= 15 is 0 Å². The Bertz CT molecular complexity index is 985. The van der Waals surface area contributed by atoms with Crippen LogP contribution in [0.3, 0.4) is 0 Å². The van der Waals surface area contributed by atoms with E-state index in [0.29, 0.717) is 18.7 Å². The lowest BCUT2D eigenvalue weighted by Crippen LogP contribution is -2.41. The van der Waals surface area contributed by atoms with Crippen LogP contribution >= 0.6 is 0 Å². The van der Waals surface area contributed by atoms with Gasteiger partial charge in [0.1, 0.15) is 11.6 Å². The standard InChI is InChI=1S/C26H31FN2O3/c1-16(2)14-24(30)29-13-12-18-6-11-22(32-17(3)26(31)28-21-9-10-21)15-23(18)25(29)19-4-7-20(27)8-5-19/h4-8,11,15-17,21,25H,9-10,12-14H2,1-3H3,(H,28,31). The Morgan fingerprint density at radius 1 is 1.12 bits per heavy atom. The summed E-state index contributed by atoms with van der Waals surface area (Å²) >= 11 is 0. The third-order valence-corrected chi connectivity index (χ3v) is 6.04. The van der Waals surface area contributed by atoms with E-state index in [1.54, 1.807) is 19.1 Å². The summed E-state index contributed by atoms with van der Waals surface area (Å²) < 4.78 is 19.6. The van der Waals surface area contributed by atoms with Crippen molar-refractivity contribution in [2.75, 3.05) is 6.54 Å². The topological polar surface area (TPSA) is 58.6 Å². The fourth-order valence-electron chi connectivity index (χ4n) is 4.21. The SMILES string of the molecule is CC(C)CC(=O)N1CCc2ccc(OC(C)C(=O)NC3CC3)cc2C1c1ccc(F)cc1. The van der Waals surface area contributed by atoms with Crippen LogP contribution in [0.1, 0.15) is 62.8 Å². The Morgan fingerprint density at radius 3 is 2.50 bits per heavy atom. The molecular formula is C26H31FN2O3. The van der Waals surface area contributed by atoms with Crippen LogP contribution in [-0.2, 0) is 16.0 Å². The van der Waals surface area contributed by atoms with Gasteiger partial charge in [0.25, 0.3) is 5.91 Å². The molecule has 2 aliphatic rings. The molecule has 1 fully saturated rings. The number of carbonyl (C=O) groups is 2. The van der Waals surface area contributed by atoms with Gasteiger partial charge in [0.05, 0.1) is 6.04 Å². The third-order valence-electron chi connectivity index (χ3n) is 6.04. The highest BCUT2D eigenvalue weighted by molar-refractivity contribution is 5.81. The summed E-state index contributed by atoms with van der Waals surface area (Å²) in [5, 5.41) is 2.96. The molecule has 1 saturated carbocycles. The lowest BCUT2D eigenvalue weighted by Gasteiger charge is -2.38. The second-order valence-electron chi connectivity index (χ2n) is 9.29. The number of nitrogens with zero attached hydrogens (tertiary/aromatic N) is 1. The molecule has 0 bridgehead atoms. The average molecular weight is 439 g/mol. The predicted molar refractivity (Wildman–Crippen MR) is 121 cm³/mol. The number of nitrogens with one attached hydrogen (secondary N) is 1. The summed E-state index contributed by atoms with van der Waals surface area (Å²) in [6.45, 7) is 6.42. The molecule has 0 saturated heterocycles. The van der Waals surface area contributed by atoms with Crippen LogP contribution in [0.15, 0.2) is 42.5 Å². The van der Waals surface area contributed by atoms with Crippen molar-refractivity contribution in [3.8, 4) is 5.75 Å². The first-order valence-corrected chi connectivity index (χ1v) is 11.5. The maximum atomic E-state index is 13.6. The summed E-state index contributed by atoms with van der Waals surface area (Å²) in [5.41, 5.74) is 2.96. The van der Waals surface area contributed by atoms with Crippen molar-refractivity contribution < 1.29 is 18.7 Å². The molecule has 2 aromatic carbocycles. The molecule has 170 valence electrons. The summed E-state index contributed by atoms with van der Waals surface area (Å²) in [6.07, 6.45) is 2.64. The minimum absolute atomic E-state index is 0.0866. The van der Waals surface area contributed by atoms with Crippen molar-refractivity contribution >= 4 is 11.8 Å². The summed E-state index contributed by atoms with van der Waals surface area (Å²) in [5.74, 6) is 0.501. The molecule has 6 heteroatoms. The summed E-state index contributed by atoms with van der Waals surface area (Å²) in [6, 6.07) is 12.1. The quantitative estimate of drug-likeness (QED) is 0.698. The van der Waals surface area contributed by atoms with Gasteiger partial charge in [-0.3, -0.25) is 9.59 Å². The fraction of sp³-hybridized carbons (Fsp3) is 0.462. The minimum Gasteiger partial charge on any atom is -0.481 e. The molecule has 2 aromatic rings. The van der Waals surface area contributed by atoms with E-state index in [1.807, 2.05) is 36.9 Å². The van der Waals surface area contributed by atoms with Crippen molar-refractivity contribution in [1.82, 2.24) is 10.2 Å². The van der Waals surface area contributed by atoms with Crippen LogP contribution in [-0.4, -0.2) is 35.4 Å².